The molecule has 0 aliphatic heterocycles. The van der Waals surface area contributed by atoms with E-state index in [0.29, 0.717) is 23.5 Å². The zero-order valence-electron chi connectivity index (χ0n) is 16.2. The van der Waals surface area contributed by atoms with E-state index in [0.717, 1.165) is 23.2 Å². The van der Waals surface area contributed by atoms with E-state index in [1.807, 2.05) is 6.07 Å². The third-order valence-electron chi connectivity index (χ3n) is 5.28. The molecule has 5 nitrogen and oxygen atoms in total. The third kappa shape index (κ3) is 3.72. The van der Waals surface area contributed by atoms with E-state index in [2.05, 4.69) is 53.2 Å². The van der Waals surface area contributed by atoms with Crippen LogP contribution in [0.25, 0.3) is 22.8 Å². The minimum Gasteiger partial charge on any atom is -0.481 e. The first-order valence-electron chi connectivity index (χ1n) is 9.67. The lowest BCUT2D eigenvalue weighted by atomic mass is 10.0. The summed E-state index contributed by atoms with van der Waals surface area (Å²) in [6, 6.07) is 10.3. The average Bonchev–Trinajstić information content (AvgIpc) is 3.39. The smallest absolute Gasteiger partial charge is 0.258 e. The molecule has 2 aromatic heterocycles. The Hall–Kier alpha value is -2.69. The van der Waals surface area contributed by atoms with Gasteiger partial charge in [-0.1, -0.05) is 36.6 Å². The topological polar surface area (TPSA) is 61.0 Å². The maximum absolute atomic E-state index is 5.59. The minimum absolute atomic E-state index is 0.491. The van der Waals surface area contributed by atoms with Gasteiger partial charge in [-0.25, -0.2) is 4.98 Å². The first kappa shape index (κ1) is 17.7. The van der Waals surface area contributed by atoms with E-state index in [4.69, 9.17) is 9.26 Å². The van der Waals surface area contributed by atoms with Crippen molar-refractivity contribution < 1.29 is 9.26 Å². The second-order valence-electron chi connectivity index (χ2n) is 7.29. The van der Waals surface area contributed by atoms with Gasteiger partial charge in [0.2, 0.25) is 11.7 Å². The van der Waals surface area contributed by atoms with Crippen molar-refractivity contribution in [3.8, 4) is 28.7 Å². The van der Waals surface area contributed by atoms with Gasteiger partial charge in [0.05, 0.1) is 7.11 Å². The summed E-state index contributed by atoms with van der Waals surface area (Å²) in [7, 11) is 1.64. The summed E-state index contributed by atoms with van der Waals surface area (Å²) in [5.74, 6) is 2.20. The second-order valence-corrected chi connectivity index (χ2v) is 7.29. The summed E-state index contributed by atoms with van der Waals surface area (Å²) in [5, 5.41) is 4.21. The number of ether oxygens (including phenoxy) is 1. The summed E-state index contributed by atoms with van der Waals surface area (Å²) in [4.78, 5) is 9.30. The van der Waals surface area contributed by atoms with Gasteiger partial charge in [0, 0.05) is 28.8 Å². The molecular formula is C22H25N3O2. The van der Waals surface area contributed by atoms with Crippen molar-refractivity contribution >= 4 is 0 Å². The van der Waals surface area contributed by atoms with Gasteiger partial charge in [-0.2, -0.15) is 4.98 Å². The fourth-order valence-corrected chi connectivity index (χ4v) is 3.84. The Morgan fingerprint density at radius 2 is 1.85 bits per heavy atom. The molecule has 4 rings (SSSR count). The molecule has 0 spiro atoms. The lowest BCUT2D eigenvalue weighted by molar-refractivity contribution is 0.394. The van der Waals surface area contributed by atoms with Gasteiger partial charge in [-0.05, 0) is 49.9 Å². The lowest BCUT2D eigenvalue weighted by Crippen LogP contribution is -1.99. The molecule has 2 heterocycles. The minimum atomic E-state index is 0.491. The largest absolute Gasteiger partial charge is 0.481 e. The maximum atomic E-state index is 5.59. The van der Waals surface area contributed by atoms with Crippen molar-refractivity contribution in [1.29, 1.82) is 0 Å². The molecule has 1 fully saturated rings. The van der Waals surface area contributed by atoms with Crippen LogP contribution in [0, 0.1) is 6.92 Å². The van der Waals surface area contributed by atoms with E-state index in [1.54, 1.807) is 7.11 Å². The third-order valence-corrected chi connectivity index (χ3v) is 5.28. The summed E-state index contributed by atoms with van der Waals surface area (Å²) in [5.41, 5.74) is 5.38. The van der Waals surface area contributed by atoms with Crippen molar-refractivity contribution in [2.45, 2.75) is 51.9 Å². The Kier molecular flexibility index (Phi) is 4.92. The number of hydrogen-bond donors (Lipinski definition) is 0. The zero-order chi connectivity index (χ0) is 18.8. The fraction of sp³-hybridized carbons (Fsp3) is 0.409. The summed E-state index contributed by atoms with van der Waals surface area (Å²) >= 11 is 0. The van der Waals surface area contributed by atoms with Crippen LogP contribution in [0.4, 0.5) is 0 Å². The van der Waals surface area contributed by atoms with Gasteiger partial charge in [-0.15, -0.1) is 0 Å². The molecule has 1 aromatic carbocycles. The van der Waals surface area contributed by atoms with Gasteiger partial charge < -0.3 is 9.26 Å². The van der Waals surface area contributed by atoms with E-state index >= 15 is 0 Å². The van der Waals surface area contributed by atoms with Crippen LogP contribution in [0.2, 0.25) is 0 Å². The van der Waals surface area contributed by atoms with E-state index in [9.17, 15) is 0 Å². The van der Waals surface area contributed by atoms with Crippen LogP contribution in [0.15, 0.2) is 34.9 Å². The first-order chi connectivity index (χ1) is 13.2. The number of pyridine rings is 1. The molecule has 0 N–H and O–H groups in total. The molecule has 5 heteroatoms. The molecule has 27 heavy (non-hydrogen) atoms. The maximum Gasteiger partial charge on any atom is 0.258 e. The molecule has 0 radical (unpaired) electrons. The highest BCUT2D eigenvalue weighted by atomic mass is 16.5. The molecule has 1 aliphatic rings. The van der Waals surface area contributed by atoms with Crippen LogP contribution in [-0.4, -0.2) is 22.2 Å². The molecule has 0 bridgehead atoms. The summed E-state index contributed by atoms with van der Waals surface area (Å²) in [6.45, 7) is 4.24. The van der Waals surface area contributed by atoms with Crippen LogP contribution < -0.4 is 4.74 Å². The second kappa shape index (κ2) is 7.51. The molecule has 0 saturated heterocycles. The Balaban J connectivity index is 1.70. The standard InChI is InChI=1S/C22H25N3O2/c1-4-15-9-14(2)10-17(11-15)21-24-22(27-25-21)18-12-19(16-7-5-6-8-16)23-20(13-18)26-3/h9-13,16H,4-8H2,1-3H3. The van der Waals surface area contributed by atoms with Crippen LogP contribution >= 0.6 is 0 Å². The van der Waals surface area contributed by atoms with Crippen molar-refractivity contribution in [3.05, 3.63) is 47.2 Å². The van der Waals surface area contributed by atoms with Crippen molar-refractivity contribution in [3.63, 3.8) is 0 Å². The van der Waals surface area contributed by atoms with Crippen molar-refractivity contribution in [2.75, 3.05) is 7.11 Å². The highest BCUT2D eigenvalue weighted by Gasteiger charge is 2.21. The number of rotatable bonds is 5. The molecular weight excluding hydrogens is 338 g/mol. The van der Waals surface area contributed by atoms with E-state index < -0.39 is 0 Å². The summed E-state index contributed by atoms with van der Waals surface area (Å²) in [6.07, 6.45) is 5.86. The average molecular weight is 363 g/mol. The highest BCUT2D eigenvalue weighted by molar-refractivity contribution is 5.62. The van der Waals surface area contributed by atoms with Crippen molar-refractivity contribution in [1.82, 2.24) is 15.1 Å². The number of nitrogens with zero attached hydrogens (tertiary/aromatic N) is 3. The molecule has 3 aromatic rings. The number of aromatic nitrogens is 3. The van der Waals surface area contributed by atoms with Gasteiger partial charge >= 0.3 is 0 Å². The zero-order valence-corrected chi connectivity index (χ0v) is 16.2. The monoisotopic (exact) mass is 363 g/mol. The molecule has 0 atom stereocenters. The highest BCUT2D eigenvalue weighted by Crippen LogP contribution is 2.36. The lowest BCUT2D eigenvalue weighted by Gasteiger charge is -2.11. The molecule has 1 aliphatic carbocycles. The molecule has 140 valence electrons. The predicted molar refractivity (Wildman–Crippen MR) is 105 cm³/mol. The van der Waals surface area contributed by atoms with E-state index in [1.165, 1.54) is 36.8 Å². The van der Waals surface area contributed by atoms with Gasteiger partial charge in [0.25, 0.3) is 5.89 Å². The Bertz CT molecular complexity index is 942. The number of hydrogen-bond acceptors (Lipinski definition) is 5. The fourth-order valence-electron chi connectivity index (χ4n) is 3.84. The van der Waals surface area contributed by atoms with E-state index in [-0.39, 0.29) is 0 Å². The predicted octanol–water partition coefficient (Wildman–Crippen LogP) is 5.34. The van der Waals surface area contributed by atoms with Crippen LogP contribution in [0.1, 0.15) is 55.3 Å². The SMILES string of the molecule is CCc1cc(C)cc(-c2noc(-c3cc(OC)nc(C4CCCC4)c3)n2)c1. The number of methoxy groups -OCH3 is 1. The number of benzene rings is 1. The molecule has 0 unspecified atom stereocenters. The van der Waals surface area contributed by atoms with Crippen LogP contribution in [0.5, 0.6) is 5.88 Å². The first-order valence-corrected chi connectivity index (χ1v) is 9.67. The molecule has 1 saturated carbocycles. The number of aryl methyl sites for hydroxylation is 2. The van der Waals surface area contributed by atoms with Gasteiger partial charge in [0.15, 0.2) is 0 Å². The summed E-state index contributed by atoms with van der Waals surface area (Å²) < 4.78 is 11.0. The Labute approximate surface area is 159 Å². The Morgan fingerprint density at radius 3 is 2.59 bits per heavy atom. The van der Waals surface area contributed by atoms with Gasteiger partial charge in [0.1, 0.15) is 0 Å². The Morgan fingerprint density at radius 1 is 1.04 bits per heavy atom. The molecule has 0 amide bonds. The van der Waals surface area contributed by atoms with Gasteiger partial charge in [-0.3, -0.25) is 0 Å². The van der Waals surface area contributed by atoms with Crippen LogP contribution in [0.3, 0.4) is 0 Å². The van der Waals surface area contributed by atoms with Crippen molar-refractivity contribution in [2.24, 2.45) is 0 Å². The quantitative estimate of drug-likeness (QED) is 0.613. The normalized spacial score (nSPS) is 14.6. The van der Waals surface area contributed by atoms with Crippen LogP contribution in [-0.2, 0) is 6.42 Å².